The Hall–Kier alpha value is -1.82. The van der Waals surface area contributed by atoms with E-state index in [2.05, 4.69) is 14.7 Å². The lowest BCUT2D eigenvalue weighted by molar-refractivity contribution is 0.354. The van der Waals surface area contributed by atoms with Crippen LogP contribution in [0.3, 0.4) is 0 Å². The molecule has 0 bridgehead atoms. The van der Waals surface area contributed by atoms with E-state index in [9.17, 15) is 0 Å². The molecule has 0 atom stereocenters. The predicted molar refractivity (Wildman–Crippen MR) is 71.6 cm³/mol. The van der Waals surface area contributed by atoms with Crippen molar-refractivity contribution in [2.45, 2.75) is 6.42 Å². The fraction of sp³-hybridized carbons (Fsp3) is 0.333. The average molecular weight is 265 g/mol. The van der Waals surface area contributed by atoms with Crippen molar-refractivity contribution >= 4 is 16.7 Å². The first-order chi connectivity index (χ1) is 8.83. The molecule has 0 saturated heterocycles. The SMILES string of the molecule is COc1ccc(CCNc2ncns2)cc1OC. The van der Waals surface area contributed by atoms with Gasteiger partial charge in [-0.1, -0.05) is 6.07 Å². The molecule has 96 valence electrons. The molecule has 1 aromatic heterocycles. The molecule has 1 N–H and O–H groups in total. The zero-order valence-electron chi connectivity index (χ0n) is 10.3. The van der Waals surface area contributed by atoms with Crippen LogP contribution in [0.5, 0.6) is 11.5 Å². The predicted octanol–water partition coefficient (Wildman–Crippen LogP) is 2.21. The van der Waals surface area contributed by atoms with Crippen molar-refractivity contribution in [3.05, 3.63) is 30.1 Å². The van der Waals surface area contributed by atoms with Gasteiger partial charge in [0.2, 0.25) is 5.13 Å². The van der Waals surface area contributed by atoms with E-state index in [0.717, 1.165) is 29.6 Å². The van der Waals surface area contributed by atoms with E-state index in [1.165, 1.54) is 17.1 Å². The molecule has 0 unspecified atom stereocenters. The van der Waals surface area contributed by atoms with Gasteiger partial charge in [0.05, 0.1) is 14.2 Å². The highest BCUT2D eigenvalue weighted by Crippen LogP contribution is 2.27. The van der Waals surface area contributed by atoms with Crippen molar-refractivity contribution in [2.75, 3.05) is 26.1 Å². The third kappa shape index (κ3) is 3.10. The van der Waals surface area contributed by atoms with Crippen LogP contribution in [0.25, 0.3) is 0 Å². The molecule has 0 aliphatic carbocycles. The van der Waals surface area contributed by atoms with E-state index >= 15 is 0 Å². The van der Waals surface area contributed by atoms with Crippen LogP contribution in [0, 0.1) is 0 Å². The molecule has 0 radical (unpaired) electrons. The Bertz CT molecular complexity index is 488. The lowest BCUT2D eigenvalue weighted by Gasteiger charge is -2.09. The molecule has 1 aromatic carbocycles. The van der Waals surface area contributed by atoms with Crippen molar-refractivity contribution in [3.63, 3.8) is 0 Å². The number of nitrogens with zero attached hydrogens (tertiary/aromatic N) is 2. The van der Waals surface area contributed by atoms with Crippen LogP contribution >= 0.6 is 11.5 Å². The number of hydrogen-bond donors (Lipinski definition) is 1. The van der Waals surface area contributed by atoms with Gasteiger partial charge in [-0.15, -0.1) is 0 Å². The zero-order chi connectivity index (χ0) is 12.8. The Morgan fingerprint density at radius 2 is 2.06 bits per heavy atom. The normalized spacial score (nSPS) is 10.1. The van der Waals surface area contributed by atoms with E-state index in [-0.39, 0.29) is 0 Å². The standard InChI is InChI=1S/C12H15N3O2S/c1-16-10-4-3-9(7-11(10)17-2)5-6-13-12-14-8-15-18-12/h3-4,7-8H,5-6H2,1-2H3,(H,13,14,15). The number of anilines is 1. The van der Waals surface area contributed by atoms with E-state index in [4.69, 9.17) is 9.47 Å². The van der Waals surface area contributed by atoms with Crippen LogP contribution in [-0.4, -0.2) is 30.1 Å². The topological polar surface area (TPSA) is 56.3 Å². The fourth-order valence-corrected chi connectivity index (χ4v) is 2.06. The van der Waals surface area contributed by atoms with E-state index in [1.54, 1.807) is 20.5 Å². The number of aromatic nitrogens is 2. The summed E-state index contributed by atoms with van der Waals surface area (Å²) in [5, 5.41) is 4.06. The second-order valence-corrected chi connectivity index (χ2v) is 4.39. The van der Waals surface area contributed by atoms with Crippen LogP contribution < -0.4 is 14.8 Å². The average Bonchev–Trinajstić information content (AvgIpc) is 2.91. The molecule has 0 spiro atoms. The summed E-state index contributed by atoms with van der Waals surface area (Å²) in [6, 6.07) is 5.93. The summed E-state index contributed by atoms with van der Waals surface area (Å²) >= 11 is 1.35. The monoisotopic (exact) mass is 265 g/mol. The number of hydrogen-bond acceptors (Lipinski definition) is 6. The summed E-state index contributed by atoms with van der Waals surface area (Å²) in [4.78, 5) is 4.06. The van der Waals surface area contributed by atoms with Crippen LogP contribution in [-0.2, 0) is 6.42 Å². The van der Waals surface area contributed by atoms with Crippen LogP contribution in [0.1, 0.15) is 5.56 Å². The van der Waals surface area contributed by atoms with Gasteiger partial charge < -0.3 is 14.8 Å². The number of benzene rings is 1. The molecule has 6 heteroatoms. The number of nitrogens with one attached hydrogen (secondary N) is 1. The molecule has 0 amide bonds. The molecule has 2 aromatic rings. The van der Waals surface area contributed by atoms with Gasteiger partial charge in [0.15, 0.2) is 11.5 Å². The molecule has 0 aliphatic rings. The van der Waals surface area contributed by atoms with Crippen LogP contribution in [0.15, 0.2) is 24.5 Å². The van der Waals surface area contributed by atoms with Crippen molar-refractivity contribution in [1.82, 2.24) is 9.36 Å². The maximum atomic E-state index is 5.26. The summed E-state index contributed by atoms with van der Waals surface area (Å²) in [5.74, 6) is 1.50. The lowest BCUT2D eigenvalue weighted by atomic mass is 10.1. The number of rotatable bonds is 6. The maximum absolute atomic E-state index is 5.26. The van der Waals surface area contributed by atoms with Crippen LogP contribution in [0.4, 0.5) is 5.13 Å². The molecular formula is C12H15N3O2S. The van der Waals surface area contributed by atoms with Gasteiger partial charge in [-0.2, -0.15) is 4.37 Å². The van der Waals surface area contributed by atoms with Crippen molar-refractivity contribution in [3.8, 4) is 11.5 Å². The molecule has 0 aliphatic heterocycles. The third-order valence-corrected chi connectivity index (χ3v) is 3.12. The van der Waals surface area contributed by atoms with E-state index < -0.39 is 0 Å². The Kier molecular flexibility index (Phi) is 4.35. The highest BCUT2D eigenvalue weighted by Gasteiger charge is 2.04. The maximum Gasteiger partial charge on any atom is 0.202 e. The van der Waals surface area contributed by atoms with E-state index in [1.807, 2.05) is 18.2 Å². The Balaban J connectivity index is 1.93. The molecule has 5 nitrogen and oxygen atoms in total. The Labute approximate surface area is 110 Å². The van der Waals surface area contributed by atoms with Gasteiger partial charge in [-0.3, -0.25) is 0 Å². The smallest absolute Gasteiger partial charge is 0.202 e. The second kappa shape index (κ2) is 6.20. The molecule has 18 heavy (non-hydrogen) atoms. The summed E-state index contributed by atoms with van der Waals surface area (Å²) in [7, 11) is 3.27. The highest BCUT2D eigenvalue weighted by atomic mass is 32.1. The number of methoxy groups -OCH3 is 2. The van der Waals surface area contributed by atoms with Crippen LogP contribution in [0.2, 0.25) is 0 Å². The molecule has 1 heterocycles. The number of ether oxygens (including phenoxy) is 2. The summed E-state index contributed by atoms with van der Waals surface area (Å²) in [6.45, 7) is 0.810. The largest absolute Gasteiger partial charge is 0.493 e. The first kappa shape index (κ1) is 12.6. The lowest BCUT2D eigenvalue weighted by Crippen LogP contribution is -2.04. The second-order valence-electron chi connectivity index (χ2n) is 3.61. The first-order valence-corrected chi connectivity index (χ1v) is 6.32. The van der Waals surface area contributed by atoms with Gasteiger partial charge in [-0.05, 0) is 24.1 Å². The summed E-state index contributed by atoms with van der Waals surface area (Å²) in [5.41, 5.74) is 1.18. The minimum Gasteiger partial charge on any atom is -0.493 e. The van der Waals surface area contributed by atoms with Crippen molar-refractivity contribution in [2.24, 2.45) is 0 Å². The first-order valence-electron chi connectivity index (χ1n) is 5.55. The summed E-state index contributed by atoms with van der Waals surface area (Å²) in [6.07, 6.45) is 2.43. The summed E-state index contributed by atoms with van der Waals surface area (Å²) < 4.78 is 14.4. The fourth-order valence-electron chi connectivity index (χ4n) is 1.60. The zero-order valence-corrected chi connectivity index (χ0v) is 11.2. The van der Waals surface area contributed by atoms with Gasteiger partial charge in [-0.25, -0.2) is 4.98 Å². The van der Waals surface area contributed by atoms with Gasteiger partial charge in [0, 0.05) is 18.1 Å². The minimum atomic E-state index is 0.748. The Morgan fingerprint density at radius 1 is 1.22 bits per heavy atom. The Morgan fingerprint density at radius 3 is 2.72 bits per heavy atom. The quantitative estimate of drug-likeness (QED) is 0.867. The molecule has 0 saturated carbocycles. The third-order valence-electron chi connectivity index (χ3n) is 2.50. The minimum absolute atomic E-state index is 0.748. The van der Waals surface area contributed by atoms with E-state index in [0.29, 0.717) is 0 Å². The highest BCUT2D eigenvalue weighted by molar-refractivity contribution is 7.09. The molecular weight excluding hydrogens is 250 g/mol. The van der Waals surface area contributed by atoms with Crippen molar-refractivity contribution in [1.29, 1.82) is 0 Å². The van der Waals surface area contributed by atoms with Gasteiger partial charge >= 0.3 is 0 Å². The van der Waals surface area contributed by atoms with Gasteiger partial charge in [0.25, 0.3) is 0 Å². The van der Waals surface area contributed by atoms with Gasteiger partial charge in [0.1, 0.15) is 6.33 Å². The van der Waals surface area contributed by atoms with Crippen molar-refractivity contribution < 1.29 is 9.47 Å². The molecule has 2 rings (SSSR count). The molecule has 0 fully saturated rings.